The fourth-order valence-corrected chi connectivity index (χ4v) is 2.74. The summed E-state index contributed by atoms with van der Waals surface area (Å²) in [6, 6.07) is 9.41. The van der Waals surface area contributed by atoms with E-state index in [1.807, 2.05) is 0 Å². The Morgan fingerprint density at radius 1 is 1.12 bits per heavy atom. The number of aliphatic hydroxyl groups excluding tert-OH is 1. The minimum Gasteiger partial charge on any atom is -0.502 e. The SMILES string of the molecule is CC(=O)Nc1ccc(C2=C(O)C(=O)N(c3ccc(F)c(Cl)c3)C2=O)cc1. The molecule has 132 valence electrons. The fourth-order valence-electron chi connectivity index (χ4n) is 2.56. The summed E-state index contributed by atoms with van der Waals surface area (Å²) in [4.78, 5) is 36.7. The molecule has 2 aromatic rings. The lowest BCUT2D eigenvalue weighted by molar-refractivity contribution is -0.121. The van der Waals surface area contributed by atoms with E-state index in [2.05, 4.69) is 5.32 Å². The Morgan fingerprint density at radius 2 is 1.77 bits per heavy atom. The summed E-state index contributed by atoms with van der Waals surface area (Å²) >= 11 is 5.70. The molecule has 2 N–H and O–H groups in total. The van der Waals surface area contributed by atoms with Gasteiger partial charge in [0.05, 0.1) is 16.3 Å². The molecule has 0 saturated heterocycles. The largest absolute Gasteiger partial charge is 0.502 e. The number of rotatable bonds is 3. The van der Waals surface area contributed by atoms with E-state index in [1.165, 1.54) is 37.3 Å². The van der Waals surface area contributed by atoms with E-state index in [-0.39, 0.29) is 22.2 Å². The molecule has 0 unspecified atom stereocenters. The lowest BCUT2D eigenvalue weighted by Crippen LogP contribution is -2.31. The van der Waals surface area contributed by atoms with Gasteiger partial charge < -0.3 is 10.4 Å². The van der Waals surface area contributed by atoms with Crippen LogP contribution in [0.2, 0.25) is 5.02 Å². The predicted octanol–water partition coefficient (Wildman–Crippen LogP) is 3.28. The van der Waals surface area contributed by atoms with E-state index in [0.29, 0.717) is 11.3 Å². The maximum absolute atomic E-state index is 13.3. The van der Waals surface area contributed by atoms with Gasteiger partial charge in [-0.2, -0.15) is 0 Å². The highest BCUT2D eigenvalue weighted by atomic mass is 35.5. The van der Waals surface area contributed by atoms with Crippen LogP contribution in [0.1, 0.15) is 12.5 Å². The summed E-state index contributed by atoms with van der Waals surface area (Å²) in [6.07, 6.45) is 0. The van der Waals surface area contributed by atoms with E-state index < -0.39 is 23.4 Å². The first kappa shape index (κ1) is 17.6. The highest BCUT2D eigenvalue weighted by molar-refractivity contribution is 6.45. The van der Waals surface area contributed by atoms with Crippen molar-refractivity contribution in [2.75, 3.05) is 10.2 Å². The lowest BCUT2D eigenvalue weighted by Gasteiger charge is -2.15. The average Bonchev–Trinajstić information content (AvgIpc) is 2.80. The van der Waals surface area contributed by atoms with Crippen molar-refractivity contribution in [3.8, 4) is 0 Å². The second-order valence-electron chi connectivity index (χ2n) is 5.53. The second-order valence-corrected chi connectivity index (χ2v) is 5.93. The molecule has 0 fully saturated rings. The Kier molecular flexibility index (Phi) is 4.48. The molecule has 2 aromatic carbocycles. The monoisotopic (exact) mass is 374 g/mol. The van der Waals surface area contributed by atoms with Gasteiger partial charge >= 0.3 is 5.91 Å². The van der Waals surface area contributed by atoms with Crippen molar-refractivity contribution in [3.63, 3.8) is 0 Å². The van der Waals surface area contributed by atoms with Crippen molar-refractivity contribution >= 4 is 46.3 Å². The Morgan fingerprint density at radius 3 is 2.35 bits per heavy atom. The molecule has 0 bridgehead atoms. The number of anilines is 2. The van der Waals surface area contributed by atoms with Crippen molar-refractivity contribution in [1.82, 2.24) is 0 Å². The van der Waals surface area contributed by atoms with E-state index in [1.54, 1.807) is 0 Å². The number of halogens is 2. The molecule has 0 atom stereocenters. The van der Waals surface area contributed by atoms with Crippen LogP contribution < -0.4 is 10.2 Å². The second kappa shape index (κ2) is 6.61. The number of hydrogen-bond donors (Lipinski definition) is 2. The third-order valence-electron chi connectivity index (χ3n) is 3.71. The normalized spacial score (nSPS) is 14.2. The summed E-state index contributed by atoms with van der Waals surface area (Å²) in [7, 11) is 0. The number of carbonyl (C=O) groups excluding carboxylic acids is 3. The summed E-state index contributed by atoms with van der Waals surface area (Å²) in [6.45, 7) is 1.35. The van der Waals surface area contributed by atoms with Gasteiger partial charge in [0.1, 0.15) is 5.82 Å². The number of benzene rings is 2. The first-order valence-corrected chi connectivity index (χ1v) is 7.82. The Hall–Kier alpha value is -3.19. The molecule has 0 aromatic heterocycles. The van der Waals surface area contributed by atoms with Crippen LogP contribution >= 0.6 is 11.6 Å². The molecule has 1 aliphatic rings. The van der Waals surface area contributed by atoms with Crippen LogP contribution in [-0.2, 0) is 14.4 Å². The van der Waals surface area contributed by atoms with Gasteiger partial charge in [-0.05, 0) is 35.9 Å². The molecule has 3 amide bonds. The topological polar surface area (TPSA) is 86.7 Å². The Labute approximate surface area is 152 Å². The van der Waals surface area contributed by atoms with Gasteiger partial charge in [-0.3, -0.25) is 14.4 Å². The summed E-state index contributed by atoms with van der Waals surface area (Å²) in [5.41, 5.74) is 0.651. The van der Waals surface area contributed by atoms with Crippen LogP contribution in [0.5, 0.6) is 0 Å². The smallest absolute Gasteiger partial charge is 0.301 e. The Balaban J connectivity index is 1.96. The van der Waals surface area contributed by atoms with E-state index >= 15 is 0 Å². The first-order valence-electron chi connectivity index (χ1n) is 7.44. The summed E-state index contributed by atoms with van der Waals surface area (Å²) in [5.74, 6) is -3.37. The minimum absolute atomic E-state index is 0.0443. The van der Waals surface area contributed by atoms with Crippen molar-refractivity contribution < 1.29 is 23.9 Å². The quantitative estimate of drug-likeness (QED) is 0.807. The first-order chi connectivity index (χ1) is 12.3. The van der Waals surface area contributed by atoms with Gasteiger partial charge in [-0.1, -0.05) is 23.7 Å². The third-order valence-corrected chi connectivity index (χ3v) is 4.00. The minimum atomic E-state index is -0.932. The predicted molar refractivity (Wildman–Crippen MR) is 94.2 cm³/mol. The number of hydrogen-bond acceptors (Lipinski definition) is 4. The number of aliphatic hydroxyl groups is 1. The number of carbonyl (C=O) groups is 3. The molecule has 0 aliphatic carbocycles. The van der Waals surface area contributed by atoms with Crippen LogP contribution in [0, 0.1) is 5.82 Å². The zero-order valence-electron chi connectivity index (χ0n) is 13.4. The zero-order valence-corrected chi connectivity index (χ0v) is 14.2. The van der Waals surface area contributed by atoms with Crippen LogP contribution in [0.15, 0.2) is 48.2 Å². The van der Waals surface area contributed by atoms with Crippen molar-refractivity contribution in [3.05, 3.63) is 64.6 Å². The number of nitrogens with zero attached hydrogens (tertiary/aromatic N) is 1. The maximum atomic E-state index is 13.3. The van der Waals surface area contributed by atoms with Gasteiger partial charge in [0.2, 0.25) is 5.91 Å². The van der Waals surface area contributed by atoms with Crippen LogP contribution in [0.25, 0.3) is 5.57 Å². The molecular weight excluding hydrogens is 363 g/mol. The van der Waals surface area contributed by atoms with Crippen LogP contribution in [-0.4, -0.2) is 22.8 Å². The molecule has 1 aliphatic heterocycles. The van der Waals surface area contributed by atoms with E-state index in [4.69, 9.17) is 11.6 Å². The zero-order chi connectivity index (χ0) is 19.0. The molecule has 26 heavy (non-hydrogen) atoms. The van der Waals surface area contributed by atoms with Gasteiger partial charge in [-0.25, -0.2) is 9.29 Å². The molecule has 1 heterocycles. The molecule has 6 nitrogen and oxygen atoms in total. The van der Waals surface area contributed by atoms with Gasteiger partial charge in [0, 0.05) is 12.6 Å². The standard InChI is InChI=1S/C18H12ClFN2O4/c1-9(23)21-11-4-2-10(3-5-11)15-16(24)18(26)22(17(15)25)12-6-7-14(20)13(19)8-12/h2-8,24H,1H3,(H,21,23). The molecular formula is C18H12ClFN2O4. The molecule has 3 rings (SSSR count). The summed E-state index contributed by atoms with van der Waals surface area (Å²) < 4.78 is 13.3. The van der Waals surface area contributed by atoms with Gasteiger partial charge in [0.15, 0.2) is 5.76 Å². The third kappa shape index (κ3) is 3.04. The molecule has 0 radical (unpaired) electrons. The lowest BCUT2D eigenvalue weighted by atomic mass is 10.1. The Bertz CT molecular complexity index is 970. The molecule has 0 saturated carbocycles. The van der Waals surface area contributed by atoms with Crippen molar-refractivity contribution in [2.45, 2.75) is 6.92 Å². The highest BCUT2D eigenvalue weighted by Crippen LogP contribution is 2.33. The van der Waals surface area contributed by atoms with E-state index in [0.717, 1.165) is 17.0 Å². The summed E-state index contributed by atoms with van der Waals surface area (Å²) in [5, 5.41) is 12.5. The maximum Gasteiger partial charge on any atom is 0.301 e. The van der Waals surface area contributed by atoms with Gasteiger partial charge in [-0.15, -0.1) is 0 Å². The van der Waals surface area contributed by atoms with Crippen molar-refractivity contribution in [2.24, 2.45) is 0 Å². The van der Waals surface area contributed by atoms with Gasteiger partial charge in [0.25, 0.3) is 5.91 Å². The number of amides is 3. The number of imide groups is 1. The average molecular weight is 375 g/mol. The van der Waals surface area contributed by atoms with Crippen LogP contribution in [0.3, 0.4) is 0 Å². The highest BCUT2D eigenvalue weighted by Gasteiger charge is 2.40. The molecule has 0 spiro atoms. The van der Waals surface area contributed by atoms with Crippen molar-refractivity contribution in [1.29, 1.82) is 0 Å². The molecule has 8 heteroatoms. The van der Waals surface area contributed by atoms with Crippen LogP contribution in [0.4, 0.5) is 15.8 Å². The number of nitrogens with one attached hydrogen (secondary N) is 1. The van der Waals surface area contributed by atoms with E-state index in [9.17, 15) is 23.9 Å². The fraction of sp³-hybridized carbons (Fsp3) is 0.0556.